The van der Waals surface area contributed by atoms with Crippen molar-refractivity contribution in [3.8, 4) is 11.5 Å². The molecule has 3 aromatic carbocycles. The standard InChI is InChI=1S/C35H37N3O5S/c1-4-9-28-20-27(21-30(42-5-2)33(28)43-24-26-14-12-25(3)13-15-26)22-31-34(40)38(35(41)44-31)23-32(39)37-18-16-36(17-19-37)29-10-7-6-8-11-29/h4,6-8,10-15,20-22H,1,5,9,16-19,23-24H2,2-3H3/b31-22+. The summed E-state index contributed by atoms with van der Waals surface area (Å²) in [4.78, 5) is 44.5. The first-order valence-corrected chi connectivity index (χ1v) is 15.6. The molecule has 8 nitrogen and oxygen atoms in total. The molecule has 0 bridgehead atoms. The van der Waals surface area contributed by atoms with E-state index in [9.17, 15) is 14.4 Å². The molecule has 0 radical (unpaired) electrons. The first-order chi connectivity index (χ1) is 21.4. The lowest BCUT2D eigenvalue weighted by Crippen LogP contribution is -2.51. The van der Waals surface area contributed by atoms with E-state index in [0.29, 0.717) is 62.9 Å². The molecule has 44 heavy (non-hydrogen) atoms. The predicted octanol–water partition coefficient (Wildman–Crippen LogP) is 6.09. The van der Waals surface area contributed by atoms with E-state index in [1.807, 2.05) is 80.6 Å². The molecule has 2 saturated heterocycles. The molecule has 228 valence electrons. The summed E-state index contributed by atoms with van der Waals surface area (Å²) in [6, 6.07) is 21.9. The van der Waals surface area contributed by atoms with Crippen LogP contribution in [-0.2, 0) is 22.6 Å². The van der Waals surface area contributed by atoms with Crippen molar-refractivity contribution >= 4 is 40.6 Å². The van der Waals surface area contributed by atoms with Crippen LogP contribution >= 0.6 is 11.8 Å². The number of hydrogen-bond acceptors (Lipinski definition) is 7. The van der Waals surface area contributed by atoms with E-state index in [1.54, 1.807) is 17.1 Å². The van der Waals surface area contributed by atoms with Crippen molar-refractivity contribution in [3.63, 3.8) is 0 Å². The Morgan fingerprint density at radius 3 is 2.39 bits per heavy atom. The summed E-state index contributed by atoms with van der Waals surface area (Å²) in [7, 11) is 0. The van der Waals surface area contributed by atoms with E-state index in [0.717, 1.165) is 33.5 Å². The number of benzene rings is 3. The number of para-hydroxylation sites is 1. The van der Waals surface area contributed by atoms with Crippen molar-refractivity contribution < 1.29 is 23.9 Å². The summed E-state index contributed by atoms with van der Waals surface area (Å²) in [6.07, 6.45) is 3.98. The van der Waals surface area contributed by atoms with Gasteiger partial charge in [0.15, 0.2) is 11.5 Å². The number of imide groups is 1. The zero-order valence-electron chi connectivity index (χ0n) is 25.2. The Labute approximate surface area is 262 Å². The van der Waals surface area contributed by atoms with Crippen molar-refractivity contribution in [1.29, 1.82) is 0 Å². The number of aryl methyl sites for hydroxylation is 1. The van der Waals surface area contributed by atoms with Gasteiger partial charge >= 0.3 is 0 Å². The summed E-state index contributed by atoms with van der Waals surface area (Å²) < 4.78 is 12.2. The van der Waals surface area contributed by atoms with Crippen LogP contribution in [0.15, 0.2) is 84.3 Å². The van der Waals surface area contributed by atoms with Crippen molar-refractivity contribution in [2.45, 2.75) is 26.9 Å². The fraction of sp³-hybridized carbons (Fsp3) is 0.286. The van der Waals surface area contributed by atoms with Gasteiger partial charge in [-0.15, -0.1) is 6.58 Å². The van der Waals surface area contributed by atoms with Gasteiger partial charge in [-0.25, -0.2) is 0 Å². The first-order valence-electron chi connectivity index (χ1n) is 14.8. The Kier molecular flexibility index (Phi) is 10.1. The number of amides is 3. The molecule has 3 amide bonds. The van der Waals surface area contributed by atoms with Crippen LogP contribution in [0.5, 0.6) is 11.5 Å². The topological polar surface area (TPSA) is 79.4 Å². The fourth-order valence-corrected chi connectivity index (χ4v) is 6.05. The van der Waals surface area contributed by atoms with Crippen LogP contribution in [0.3, 0.4) is 0 Å². The minimum absolute atomic E-state index is 0.233. The third kappa shape index (κ3) is 7.34. The SMILES string of the molecule is C=CCc1cc(/C=C2/SC(=O)N(CC(=O)N3CCN(c4ccccc4)CC3)C2=O)cc(OCC)c1OCc1ccc(C)cc1. The van der Waals surface area contributed by atoms with Crippen LogP contribution in [0.25, 0.3) is 6.08 Å². The Morgan fingerprint density at radius 2 is 1.70 bits per heavy atom. The highest BCUT2D eigenvalue weighted by atomic mass is 32.2. The minimum Gasteiger partial charge on any atom is -0.490 e. The average Bonchev–Trinajstić information content (AvgIpc) is 3.29. The molecule has 0 aromatic heterocycles. The van der Waals surface area contributed by atoms with Gasteiger partial charge in [-0.2, -0.15) is 0 Å². The molecule has 2 aliphatic heterocycles. The Morgan fingerprint density at radius 1 is 0.977 bits per heavy atom. The van der Waals surface area contributed by atoms with E-state index >= 15 is 0 Å². The molecule has 0 aliphatic carbocycles. The van der Waals surface area contributed by atoms with Gasteiger partial charge in [-0.05, 0) is 73.5 Å². The van der Waals surface area contributed by atoms with E-state index in [-0.39, 0.29) is 17.4 Å². The van der Waals surface area contributed by atoms with Gasteiger partial charge in [-0.1, -0.05) is 54.1 Å². The summed E-state index contributed by atoms with van der Waals surface area (Å²) in [6.45, 7) is 10.8. The molecule has 2 aliphatic rings. The Hall–Kier alpha value is -4.50. The van der Waals surface area contributed by atoms with Crippen LogP contribution in [-0.4, -0.2) is 66.2 Å². The Bertz CT molecular complexity index is 1550. The third-order valence-electron chi connectivity index (χ3n) is 7.54. The maximum absolute atomic E-state index is 13.3. The molecule has 0 unspecified atom stereocenters. The number of carbonyl (C=O) groups excluding carboxylic acids is 3. The second-order valence-corrected chi connectivity index (χ2v) is 11.7. The zero-order valence-corrected chi connectivity index (χ0v) is 26.0. The van der Waals surface area contributed by atoms with Gasteiger partial charge in [0.1, 0.15) is 13.2 Å². The molecule has 5 rings (SSSR count). The van der Waals surface area contributed by atoms with Crippen molar-refractivity contribution in [3.05, 3.63) is 107 Å². The predicted molar refractivity (Wildman–Crippen MR) is 175 cm³/mol. The number of hydrogen-bond donors (Lipinski definition) is 0. The lowest BCUT2D eigenvalue weighted by atomic mass is 10.0. The molecule has 9 heteroatoms. The summed E-state index contributed by atoms with van der Waals surface area (Å²) >= 11 is 0.842. The van der Waals surface area contributed by atoms with Crippen LogP contribution in [0.2, 0.25) is 0 Å². The van der Waals surface area contributed by atoms with Crippen molar-refractivity contribution in [2.24, 2.45) is 0 Å². The second-order valence-electron chi connectivity index (χ2n) is 10.7. The first kappa shape index (κ1) is 30.9. The van der Waals surface area contributed by atoms with Crippen molar-refractivity contribution in [2.75, 3.05) is 44.2 Å². The Balaban J connectivity index is 1.28. The number of ether oxygens (including phenoxy) is 2. The van der Waals surface area contributed by atoms with Gasteiger partial charge in [0.25, 0.3) is 11.1 Å². The number of thioether (sulfide) groups is 1. The van der Waals surface area contributed by atoms with Gasteiger partial charge < -0.3 is 19.3 Å². The van der Waals surface area contributed by atoms with Crippen molar-refractivity contribution in [1.82, 2.24) is 9.80 Å². The number of nitrogens with zero attached hydrogens (tertiary/aromatic N) is 3. The summed E-state index contributed by atoms with van der Waals surface area (Å²) in [5, 5.41) is -0.452. The molecule has 0 spiro atoms. The number of piperazine rings is 1. The summed E-state index contributed by atoms with van der Waals surface area (Å²) in [5.41, 5.74) is 4.88. The zero-order chi connectivity index (χ0) is 31.1. The smallest absolute Gasteiger partial charge is 0.294 e. The highest BCUT2D eigenvalue weighted by Crippen LogP contribution is 2.38. The number of carbonyl (C=O) groups is 3. The normalized spacial score (nSPS) is 16.0. The van der Waals surface area contributed by atoms with E-state index in [4.69, 9.17) is 9.47 Å². The minimum atomic E-state index is -0.473. The lowest BCUT2D eigenvalue weighted by molar-refractivity contribution is -0.136. The van der Waals surface area contributed by atoms with E-state index in [1.165, 1.54) is 5.56 Å². The van der Waals surface area contributed by atoms with E-state index < -0.39 is 11.1 Å². The van der Waals surface area contributed by atoms with Crippen LogP contribution in [0, 0.1) is 6.92 Å². The van der Waals surface area contributed by atoms with E-state index in [2.05, 4.69) is 11.5 Å². The average molecular weight is 612 g/mol. The largest absolute Gasteiger partial charge is 0.490 e. The number of allylic oxidation sites excluding steroid dienone is 1. The lowest BCUT2D eigenvalue weighted by Gasteiger charge is -2.36. The highest BCUT2D eigenvalue weighted by Gasteiger charge is 2.37. The van der Waals surface area contributed by atoms with Crippen LogP contribution in [0.4, 0.5) is 10.5 Å². The molecule has 0 N–H and O–H groups in total. The molecule has 3 aromatic rings. The van der Waals surface area contributed by atoms with Gasteiger partial charge in [0, 0.05) is 37.4 Å². The van der Waals surface area contributed by atoms with Gasteiger partial charge in [0.2, 0.25) is 5.91 Å². The van der Waals surface area contributed by atoms with Crippen LogP contribution in [0.1, 0.15) is 29.2 Å². The number of anilines is 1. The molecular formula is C35H37N3O5S. The maximum Gasteiger partial charge on any atom is 0.294 e. The third-order valence-corrected chi connectivity index (χ3v) is 8.45. The van der Waals surface area contributed by atoms with Gasteiger partial charge in [0.05, 0.1) is 11.5 Å². The highest BCUT2D eigenvalue weighted by molar-refractivity contribution is 8.18. The van der Waals surface area contributed by atoms with Crippen LogP contribution < -0.4 is 14.4 Å². The maximum atomic E-state index is 13.3. The number of rotatable bonds is 11. The molecular weight excluding hydrogens is 574 g/mol. The quantitative estimate of drug-likeness (QED) is 0.192. The fourth-order valence-electron chi connectivity index (χ4n) is 5.22. The van der Waals surface area contributed by atoms with Gasteiger partial charge in [-0.3, -0.25) is 19.3 Å². The monoisotopic (exact) mass is 611 g/mol. The molecule has 0 atom stereocenters. The summed E-state index contributed by atoms with van der Waals surface area (Å²) in [5.74, 6) is 0.465. The molecule has 2 heterocycles. The molecule has 2 fully saturated rings. The second kappa shape index (κ2) is 14.3. The molecule has 0 saturated carbocycles.